The van der Waals surface area contributed by atoms with Gasteiger partial charge >= 0.3 is 0 Å². The van der Waals surface area contributed by atoms with Crippen molar-refractivity contribution in [2.45, 2.75) is 6.10 Å². The van der Waals surface area contributed by atoms with Crippen molar-refractivity contribution in [1.29, 1.82) is 0 Å². The summed E-state index contributed by atoms with van der Waals surface area (Å²) < 4.78 is 57.5. The van der Waals surface area contributed by atoms with Crippen molar-refractivity contribution in [1.82, 2.24) is 0 Å². The summed E-state index contributed by atoms with van der Waals surface area (Å²) >= 11 is 0. The van der Waals surface area contributed by atoms with E-state index in [0.717, 1.165) is 5.56 Å². The van der Waals surface area contributed by atoms with Crippen LogP contribution in [-0.2, 0) is 0 Å². The molecule has 4 rings (SSSR count). The minimum atomic E-state index is -1.54. The molecule has 32 heavy (non-hydrogen) atoms. The van der Waals surface area contributed by atoms with Crippen molar-refractivity contribution in [3.8, 4) is 28.4 Å². The van der Waals surface area contributed by atoms with Crippen LogP contribution >= 0.6 is 0 Å². The van der Waals surface area contributed by atoms with Crippen molar-refractivity contribution in [3.05, 3.63) is 92.9 Å². The molecule has 0 saturated heterocycles. The van der Waals surface area contributed by atoms with E-state index in [1.165, 1.54) is 20.3 Å². The molecule has 3 aromatic carbocycles. The molecule has 0 aliphatic carbocycles. The van der Waals surface area contributed by atoms with Crippen LogP contribution in [0.5, 0.6) is 17.2 Å². The molecule has 1 unspecified atom stereocenters. The second-order valence-corrected chi connectivity index (χ2v) is 6.93. The highest BCUT2D eigenvalue weighted by Gasteiger charge is 2.36. The Hall–Kier alpha value is -4.01. The molecule has 3 aromatic rings. The maximum atomic E-state index is 14.3. The van der Waals surface area contributed by atoms with Gasteiger partial charge in [-0.25, -0.2) is 13.2 Å². The van der Waals surface area contributed by atoms with Gasteiger partial charge in [-0.15, -0.1) is 0 Å². The number of nitrogens with zero attached hydrogens (tertiary/aromatic N) is 1. The highest BCUT2D eigenvalue weighted by atomic mass is 19.2. The fraction of sp³-hybridized carbons (Fsp3) is 0.130. The fourth-order valence-electron chi connectivity index (χ4n) is 3.50. The lowest BCUT2D eigenvalue weighted by Gasteiger charge is -2.23. The Balaban J connectivity index is 1.78. The van der Waals surface area contributed by atoms with E-state index in [2.05, 4.69) is 0 Å². The molecule has 164 valence electrons. The first-order valence-electron chi connectivity index (χ1n) is 9.36. The average molecular weight is 443 g/mol. The number of benzene rings is 3. The van der Waals surface area contributed by atoms with Crippen LogP contribution in [0.2, 0.25) is 0 Å². The summed E-state index contributed by atoms with van der Waals surface area (Å²) in [7, 11) is 3.02. The third-order valence-corrected chi connectivity index (χ3v) is 5.08. The van der Waals surface area contributed by atoms with E-state index in [1.807, 2.05) is 0 Å². The zero-order valence-electron chi connectivity index (χ0n) is 16.9. The quantitative estimate of drug-likeness (QED) is 0.294. The van der Waals surface area contributed by atoms with Crippen LogP contribution in [0.4, 0.5) is 13.2 Å². The van der Waals surface area contributed by atoms with Gasteiger partial charge in [0, 0.05) is 23.3 Å². The molecule has 0 bridgehead atoms. The topological polar surface area (TPSA) is 70.8 Å². The highest BCUT2D eigenvalue weighted by molar-refractivity contribution is 5.74. The van der Waals surface area contributed by atoms with Crippen molar-refractivity contribution in [3.63, 3.8) is 0 Å². The maximum Gasteiger partial charge on any atom is 0.291 e. The Bertz CT molecular complexity index is 1260. The molecule has 9 heteroatoms. The molecule has 1 atom stereocenters. The first-order valence-corrected chi connectivity index (χ1v) is 9.36. The SMILES string of the molecule is COc1ccc(-c2ccc3c(c2)C=C([N+](=O)[O-])C(c2cc(F)c(F)cc2F)O3)cc1OC. The Labute approximate surface area is 180 Å². The van der Waals surface area contributed by atoms with Crippen LogP contribution in [0.25, 0.3) is 17.2 Å². The van der Waals surface area contributed by atoms with E-state index in [-0.39, 0.29) is 5.75 Å². The Morgan fingerprint density at radius 3 is 2.22 bits per heavy atom. The van der Waals surface area contributed by atoms with Crippen molar-refractivity contribution in [2.24, 2.45) is 0 Å². The second kappa shape index (κ2) is 8.26. The van der Waals surface area contributed by atoms with Crippen LogP contribution in [0.1, 0.15) is 17.2 Å². The van der Waals surface area contributed by atoms with Gasteiger partial charge in [0.25, 0.3) is 5.70 Å². The Kier molecular flexibility index (Phi) is 5.48. The molecule has 0 N–H and O–H groups in total. The Morgan fingerprint density at radius 1 is 0.875 bits per heavy atom. The van der Waals surface area contributed by atoms with E-state index in [1.54, 1.807) is 36.4 Å². The van der Waals surface area contributed by atoms with Gasteiger partial charge in [0.1, 0.15) is 11.6 Å². The van der Waals surface area contributed by atoms with Crippen molar-refractivity contribution in [2.75, 3.05) is 14.2 Å². The van der Waals surface area contributed by atoms with E-state index in [0.29, 0.717) is 34.8 Å². The number of fused-ring (bicyclic) bond motifs is 1. The van der Waals surface area contributed by atoms with Gasteiger partial charge in [-0.1, -0.05) is 12.1 Å². The van der Waals surface area contributed by atoms with Gasteiger partial charge in [-0.3, -0.25) is 10.1 Å². The smallest absolute Gasteiger partial charge is 0.291 e. The summed E-state index contributed by atoms with van der Waals surface area (Å²) in [4.78, 5) is 10.9. The number of methoxy groups -OCH3 is 2. The molecule has 0 aromatic heterocycles. The first-order chi connectivity index (χ1) is 15.3. The van der Waals surface area contributed by atoms with Crippen LogP contribution < -0.4 is 14.2 Å². The number of halogens is 3. The number of rotatable bonds is 5. The number of hydrogen-bond donors (Lipinski definition) is 0. The molecule has 1 heterocycles. The third kappa shape index (κ3) is 3.73. The molecular formula is C23H16F3NO5. The van der Waals surface area contributed by atoms with E-state index in [9.17, 15) is 23.3 Å². The lowest BCUT2D eigenvalue weighted by atomic mass is 9.97. The summed E-state index contributed by atoms with van der Waals surface area (Å²) in [5.74, 6) is -2.59. The number of hydrogen-bond acceptors (Lipinski definition) is 5. The maximum absolute atomic E-state index is 14.3. The van der Waals surface area contributed by atoms with Crippen LogP contribution in [0, 0.1) is 27.6 Å². The molecule has 1 aliphatic rings. The summed E-state index contributed by atoms with van der Waals surface area (Å²) in [6.45, 7) is 0. The Morgan fingerprint density at radius 2 is 1.53 bits per heavy atom. The van der Waals surface area contributed by atoms with Crippen LogP contribution in [0.15, 0.2) is 54.2 Å². The van der Waals surface area contributed by atoms with Gasteiger partial charge in [0.05, 0.1) is 19.1 Å². The van der Waals surface area contributed by atoms with Gasteiger partial charge in [0.2, 0.25) is 6.10 Å². The average Bonchev–Trinajstić information content (AvgIpc) is 2.79. The summed E-state index contributed by atoms with van der Waals surface area (Å²) in [5.41, 5.74) is 0.872. The van der Waals surface area contributed by atoms with Crippen LogP contribution in [0.3, 0.4) is 0 Å². The third-order valence-electron chi connectivity index (χ3n) is 5.08. The molecule has 0 fully saturated rings. The fourth-order valence-corrected chi connectivity index (χ4v) is 3.50. The van der Waals surface area contributed by atoms with Gasteiger partial charge in [0.15, 0.2) is 23.1 Å². The number of nitro groups is 1. The van der Waals surface area contributed by atoms with E-state index < -0.39 is 39.7 Å². The monoisotopic (exact) mass is 443 g/mol. The summed E-state index contributed by atoms with van der Waals surface area (Å²) in [5, 5.41) is 11.7. The molecule has 0 saturated carbocycles. The minimum Gasteiger partial charge on any atom is -0.493 e. The predicted octanol–water partition coefficient (Wildman–Crippen LogP) is 5.54. The normalized spacial score (nSPS) is 14.8. The van der Waals surface area contributed by atoms with Gasteiger partial charge < -0.3 is 14.2 Å². The standard InChI is InChI=1S/C23H16F3NO5/c1-30-21-6-4-13(9-22(21)31-2)12-3-5-20-14(7-12)8-19(27(28)29)23(32-20)15-10-17(25)18(26)11-16(15)24/h3-11,23H,1-2H3. The zero-order valence-corrected chi connectivity index (χ0v) is 16.9. The lowest BCUT2D eigenvalue weighted by molar-refractivity contribution is -0.434. The lowest BCUT2D eigenvalue weighted by Crippen LogP contribution is -2.21. The second-order valence-electron chi connectivity index (χ2n) is 6.93. The van der Waals surface area contributed by atoms with Crippen molar-refractivity contribution < 1.29 is 32.3 Å². The predicted molar refractivity (Wildman–Crippen MR) is 110 cm³/mol. The minimum absolute atomic E-state index is 0.231. The van der Waals surface area contributed by atoms with Crippen molar-refractivity contribution >= 4 is 6.08 Å². The highest BCUT2D eigenvalue weighted by Crippen LogP contribution is 2.41. The molecule has 0 radical (unpaired) electrons. The van der Waals surface area contributed by atoms with E-state index in [4.69, 9.17) is 14.2 Å². The molecule has 6 nitrogen and oxygen atoms in total. The first kappa shape index (κ1) is 21.2. The molecule has 0 spiro atoms. The molecule has 0 amide bonds. The molecular weight excluding hydrogens is 427 g/mol. The van der Waals surface area contributed by atoms with Crippen LogP contribution in [-0.4, -0.2) is 19.1 Å². The number of ether oxygens (including phenoxy) is 3. The molecule has 1 aliphatic heterocycles. The van der Waals surface area contributed by atoms with Gasteiger partial charge in [-0.05, 0) is 41.5 Å². The largest absolute Gasteiger partial charge is 0.493 e. The zero-order chi connectivity index (χ0) is 23.0. The van der Waals surface area contributed by atoms with E-state index >= 15 is 0 Å². The van der Waals surface area contributed by atoms with Gasteiger partial charge in [-0.2, -0.15) is 0 Å². The summed E-state index contributed by atoms with van der Waals surface area (Å²) in [6.07, 6.45) is -0.311. The summed E-state index contributed by atoms with van der Waals surface area (Å²) in [6, 6.07) is 11.1.